The van der Waals surface area contributed by atoms with Crippen molar-refractivity contribution in [3.8, 4) is 0 Å². The van der Waals surface area contributed by atoms with Crippen molar-refractivity contribution in [2.24, 2.45) is 0 Å². The Morgan fingerprint density at radius 1 is 0.950 bits per heavy atom. The van der Waals surface area contributed by atoms with E-state index in [1.807, 2.05) is 0 Å². The van der Waals surface area contributed by atoms with Crippen molar-refractivity contribution >= 4 is 17.5 Å². The SMILES string of the molecule is O=C1NC(=O)c2cc(NCc3ccc(F)cc3)ccc21. The Labute approximate surface area is 114 Å². The molecule has 20 heavy (non-hydrogen) atoms. The van der Waals surface area contributed by atoms with E-state index < -0.39 is 0 Å². The minimum atomic E-state index is -0.379. The van der Waals surface area contributed by atoms with E-state index in [0.717, 1.165) is 11.3 Å². The van der Waals surface area contributed by atoms with Crippen molar-refractivity contribution in [1.82, 2.24) is 5.32 Å². The molecule has 1 heterocycles. The maximum atomic E-state index is 12.8. The van der Waals surface area contributed by atoms with Gasteiger partial charge in [0.2, 0.25) is 0 Å². The molecule has 0 atom stereocenters. The van der Waals surface area contributed by atoms with Gasteiger partial charge in [0.05, 0.1) is 11.1 Å². The van der Waals surface area contributed by atoms with Crippen LogP contribution in [0.4, 0.5) is 10.1 Å². The van der Waals surface area contributed by atoms with E-state index in [0.29, 0.717) is 17.7 Å². The van der Waals surface area contributed by atoms with Crippen molar-refractivity contribution in [3.63, 3.8) is 0 Å². The number of carbonyl (C=O) groups excluding carboxylic acids is 2. The highest BCUT2D eigenvalue weighted by Gasteiger charge is 2.26. The number of nitrogens with one attached hydrogen (secondary N) is 2. The molecule has 1 aliphatic heterocycles. The molecule has 0 saturated heterocycles. The van der Waals surface area contributed by atoms with E-state index in [9.17, 15) is 14.0 Å². The van der Waals surface area contributed by atoms with Gasteiger partial charge < -0.3 is 5.32 Å². The van der Waals surface area contributed by atoms with Crippen LogP contribution in [0, 0.1) is 5.82 Å². The van der Waals surface area contributed by atoms with Gasteiger partial charge in [-0.2, -0.15) is 0 Å². The van der Waals surface area contributed by atoms with Gasteiger partial charge in [-0.25, -0.2) is 4.39 Å². The molecule has 1 aliphatic rings. The third kappa shape index (κ3) is 2.25. The third-order valence-corrected chi connectivity index (χ3v) is 3.15. The van der Waals surface area contributed by atoms with Crippen LogP contribution in [-0.2, 0) is 6.54 Å². The molecule has 0 aliphatic carbocycles. The largest absolute Gasteiger partial charge is 0.381 e. The molecule has 0 unspecified atom stereocenters. The summed E-state index contributed by atoms with van der Waals surface area (Å²) in [5.74, 6) is -1.02. The van der Waals surface area contributed by atoms with E-state index in [2.05, 4.69) is 10.6 Å². The lowest BCUT2D eigenvalue weighted by Crippen LogP contribution is -2.19. The standard InChI is InChI=1S/C15H11FN2O2/c16-10-3-1-9(2-4-10)8-17-11-5-6-12-13(7-11)15(20)18-14(12)19/h1-7,17H,8H2,(H,18,19,20). The maximum Gasteiger partial charge on any atom is 0.259 e. The van der Waals surface area contributed by atoms with E-state index in [-0.39, 0.29) is 17.6 Å². The van der Waals surface area contributed by atoms with Crippen LogP contribution in [0.25, 0.3) is 0 Å². The molecular formula is C15H11FN2O2. The third-order valence-electron chi connectivity index (χ3n) is 3.15. The van der Waals surface area contributed by atoms with E-state index >= 15 is 0 Å². The highest BCUT2D eigenvalue weighted by molar-refractivity contribution is 6.21. The lowest BCUT2D eigenvalue weighted by atomic mass is 10.1. The number of benzene rings is 2. The molecule has 2 amide bonds. The predicted molar refractivity (Wildman–Crippen MR) is 72.0 cm³/mol. The first-order chi connectivity index (χ1) is 9.63. The van der Waals surface area contributed by atoms with Gasteiger partial charge in [0.1, 0.15) is 5.82 Å². The summed E-state index contributed by atoms with van der Waals surface area (Å²) >= 11 is 0. The highest BCUT2D eigenvalue weighted by Crippen LogP contribution is 2.20. The maximum absolute atomic E-state index is 12.8. The average molecular weight is 270 g/mol. The zero-order valence-electron chi connectivity index (χ0n) is 10.4. The minimum Gasteiger partial charge on any atom is -0.381 e. The fourth-order valence-electron chi connectivity index (χ4n) is 2.08. The second kappa shape index (κ2) is 4.77. The summed E-state index contributed by atoms with van der Waals surface area (Å²) in [5.41, 5.74) is 2.42. The molecule has 100 valence electrons. The average Bonchev–Trinajstić information content (AvgIpc) is 2.73. The summed E-state index contributed by atoms with van der Waals surface area (Å²) in [6, 6.07) is 11.2. The predicted octanol–water partition coefficient (Wildman–Crippen LogP) is 2.32. The van der Waals surface area contributed by atoms with Gasteiger partial charge in [0.15, 0.2) is 0 Å². The van der Waals surface area contributed by atoms with Gasteiger partial charge in [-0.05, 0) is 35.9 Å². The van der Waals surface area contributed by atoms with Crippen LogP contribution in [0.3, 0.4) is 0 Å². The number of rotatable bonds is 3. The molecule has 4 nitrogen and oxygen atoms in total. The quantitative estimate of drug-likeness (QED) is 0.841. The zero-order valence-corrected chi connectivity index (χ0v) is 10.4. The van der Waals surface area contributed by atoms with Crippen LogP contribution in [0.5, 0.6) is 0 Å². The molecule has 5 heteroatoms. The van der Waals surface area contributed by atoms with Crippen LogP contribution in [0.1, 0.15) is 26.3 Å². The molecule has 0 saturated carbocycles. The highest BCUT2D eigenvalue weighted by atomic mass is 19.1. The molecule has 0 aromatic heterocycles. The van der Waals surface area contributed by atoms with Gasteiger partial charge in [-0.1, -0.05) is 12.1 Å². The fourth-order valence-corrected chi connectivity index (χ4v) is 2.08. The van der Waals surface area contributed by atoms with Crippen molar-refractivity contribution in [3.05, 3.63) is 65.0 Å². The van der Waals surface area contributed by atoms with Crippen LogP contribution < -0.4 is 10.6 Å². The second-order valence-electron chi connectivity index (χ2n) is 4.52. The molecule has 0 fully saturated rings. The molecular weight excluding hydrogens is 259 g/mol. The van der Waals surface area contributed by atoms with E-state index in [1.165, 1.54) is 12.1 Å². The normalized spacial score (nSPS) is 13.1. The zero-order chi connectivity index (χ0) is 14.1. The number of imide groups is 1. The number of hydrogen-bond acceptors (Lipinski definition) is 3. The Hall–Kier alpha value is -2.69. The number of carbonyl (C=O) groups is 2. The van der Waals surface area contributed by atoms with Gasteiger partial charge >= 0.3 is 0 Å². The summed E-state index contributed by atoms with van der Waals surface area (Å²) in [7, 11) is 0. The first-order valence-corrected chi connectivity index (χ1v) is 6.11. The Balaban J connectivity index is 1.76. The summed E-state index contributed by atoms with van der Waals surface area (Å²) in [6.07, 6.45) is 0. The van der Waals surface area contributed by atoms with Crippen LogP contribution in [-0.4, -0.2) is 11.8 Å². The molecule has 2 aromatic carbocycles. The van der Waals surface area contributed by atoms with Crippen molar-refractivity contribution in [2.45, 2.75) is 6.54 Å². The molecule has 3 rings (SSSR count). The molecule has 2 N–H and O–H groups in total. The van der Waals surface area contributed by atoms with Crippen molar-refractivity contribution in [2.75, 3.05) is 5.32 Å². The lowest BCUT2D eigenvalue weighted by Gasteiger charge is -2.07. The number of hydrogen-bond donors (Lipinski definition) is 2. The lowest BCUT2D eigenvalue weighted by molar-refractivity contribution is 0.0879. The number of amides is 2. The Bertz CT molecular complexity index is 696. The van der Waals surface area contributed by atoms with Gasteiger partial charge in [0.25, 0.3) is 11.8 Å². The first kappa shape index (κ1) is 12.3. The number of halogens is 1. The molecule has 0 radical (unpaired) electrons. The van der Waals surface area contributed by atoms with Crippen molar-refractivity contribution < 1.29 is 14.0 Å². The Morgan fingerprint density at radius 3 is 2.40 bits per heavy atom. The van der Waals surface area contributed by atoms with Crippen LogP contribution >= 0.6 is 0 Å². The number of fused-ring (bicyclic) bond motifs is 1. The van der Waals surface area contributed by atoms with Crippen LogP contribution in [0.15, 0.2) is 42.5 Å². The van der Waals surface area contributed by atoms with Gasteiger partial charge in [0, 0.05) is 12.2 Å². The summed E-state index contributed by atoms with van der Waals surface area (Å²) < 4.78 is 12.8. The van der Waals surface area contributed by atoms with Crippen LogP contribution in [0.2, 0.25) is 0 Å². The molecule has 0 bridgehead atoms. The van der Waals surface area contributed by atoms with E-state index in [1.54, 1.807) is 30.3 Å². The number of anilines is 1. The fraction of sp³-hybridized carbons (Fsp3) is 0.0667. The molecule has 2 aromatic rings. The Kier molecular flexibility index (Phi) is 2.95. The molecule has 0 spiro atoms. The topological polar surface area (TPSA) is 58.2 Å². The first-order valence-electron chi connectivity index (χ1n) is 6.11. The smallest absolute Gasteiger partial charge is 0.259 e. The monoisotopic (exact) mass is 270 g/mol. The summed E-state index contributed by atoms with van der Waals surface area (Å²) in [5, 5.41) is 5.37. The minimum absolute atomic E-state index is 0.276. The summed E-state index contributed by atoms with van der Waals surface area (Å²) in [6.45, 7) is 0.509. The second-order valence-corrected chi connectivity index (χ2v) is 4.52. The van der Waals surface area contributed by atoms with Crippen molar-refractivity contribution in [1.29, 1.82) is 0 Å². The van der Waals surface area contributed by atoms with Gasteiger partial charge in [-0.15, -0.1) is 0 Å². The summed E-state index contributed by atoms with van der Waals surface area (Å²) in [4.78, 5) is 22.9. The Morgan fingerprint density at radius 2 is 1.65 bits per heavy atom. The van der Waals surface area contributed by atoms with Gasteiger partial charge in [-0.3, -0.25) is 14.9 Å². The van der Waals surface area contributed by atoms with E-state index in [4.69, 9.17) is 0 Å².